The molecule has 0 saturated heterocycles. The summed E-state index contributed by atoms with van der Waals surface area (Å²) in [6.45, 7) is -3.06. The molecule has 0 spiro atoms. The maximum absolute atomic E-state index is 10.7. The zero-order chi connectivity index (χ0) is 26.7. The van der Waals surface area contributed by atoms with Gasteiger partial charge in [-0.15, -0.1) is 0 Å². The number of hydrogen-bond donors (Lipinski definition) is 13. The van der Waals surface area contributed by atoms with Gasteiger partial charge in [-0.25, -0.2) is 13.9 Å². The van der Waals surface area contributed by atoms with E-state index in [1.165, 1.54) is 0 Å². The Balaban J connectivity index is 0. The summed E-state index contributed by atoms with van der Waals surface area (Å²) in [6.07, 6.45) is -14.7. The number of ketones is 1. The minimum atomic E-state index is -4.86. The Hall–Kier alpha value is -0.960. The Labute approximate surface area is 184 Å². The fourth-order valence-electron chi connectivity index (χ4n) is 1.60. The Morgan fingerprint density at radius 1 is 0.667 bits per heavy atom. The van der Waals surface area contributed by atoms with Crippen molar-refractivity contribution in [1.82, 2.24) is 0 Å². The lowest BCUT2D eigenvalue weighted by Gasteiger charge is -2.24. The molecule has 21 heteroatoms. The highest BCUT2D eigenvalue weighted by Crippen LogP contribution is 2.36. The Kier molecular flexibility index (Phi) is 15.7. The van der Waals surface area contributed by atoms with Gasteiger partial charge in [-0.3, -0.25) is 13.8 Å². The Morgan fingerprint density at radius 3 is 1.33 bits per heavy atom. The van der Waals surface area contributed by atoms with Gasteiger partial charge in [0, 0.05) is 0 Å². The van der Waals surface area contributed by atoms with Crippen LogP contribution in [0.15, 0.2) is 0 Å². The summed E-state index contributed by atoms with van der Waals surface area (Å²) in [5.74, 6) is -2.97. The van der Waals surface area contributed by atoms with Crippen LogP contribution in [-0.4, -0.2) is 140 Å². The van der Waals surface area contributed by atoms with Gasteiger partial charge >= 0.3 is 21.6 Å². The monoisotopic (exact) mass is 536 g/mol. The third-order valence-corrected chi connectivity index (χ3v) is 4.32. The third-order valence-electron chi connectivity index (χ3n) is 3.35. The van der Waals surface area contributed by atoms with Crippen molar-refractivity contribution in [3.05, 3.63) is 0 Å². The summed E-state index contributed by atoms with van der Waals surface area (Å²) in [5.41, 5.74) is 0. The smallest absolute Gasteiger partial charge is 0.469 e. The van der Waals surface area contributed by atoms with Crippen molar-refractivity contribution in [2.24, 2.45) is 0 Å². The van der Waals surface area contributed by atoms with Crippen LogP contribution >= 0.6 is 15.6 Å². The average molecular weight is 536 g/mol. The largest absolute Gasteiger partial charge is 0.479 e. The number of hydrogen-bond acceptors (Lipinski definition) is 14. The second-order valence-corrected chi connectivity index (χ2v) is 8.51. The highest BCUT2D eigenvalue weighted by atomic mass is 31.2. The zero-order valence-corrected chi connectivity index (χ0v) is 18.1. The van der Waals surface area contributed by atoms with Gasteiger partial charge in [-0.05, 0) is 0 Å². The number of rotatable bonds is 14. The van der Waals surface area contributed by atoms with Crippen LogP contribution in [0.5, 0.6) is 0 Å². The Bertz CT molecular complexity index is 688. The van der Waals surface area contributed by atoms with Crippen molar-refractivity contribution >= 4 is 27.4 Å². The van der Waals surface area contributed by atoms with Gasteiger partial charge in [0.15, 0.2) is 11.9 Å². The molecule has 0 aliphatic carbocycles. The SMILES string of the molecule is O=C(CO)C(O)C(O)C(O)COP(=O)(O)O.O=C(O)C(O)C(O)C(O)C(O)COP(=O)(O)O. The number of carbonyl (C=O) groups is 2. The first-order valence-electron chi connectivity index (χ1n) is 8.28. The van der Waals surface area contributed by atoms with Gasteiger partial charge in [0.1, 0.15) is 43.2 Å². The molecule has 7 atom stereocenters. The molecular weight excluding hydrogens is 510 g/mol. The van der Waals surface area contributed by atoms with Crippen LogP contribution in [0.4, 0.5) is 0 Å². The fourth-order valence-corrected chi connectivity index (χ4v) is 2.29. The average Bonchev–Trinajstić information content (AvgIpc) is 2.71. The number of phosphoric acid groups is 2. The molecule has 0 bridgehead atoms. The quantitative estimate of drug-likeness (QED) is 0.0917. The molecule has 19 nitrogen and oxygen atoms in total. The number of aliphatic carboxylic acids is 1. The van der Waals surface area contributed by atoms with E-state index in [0.717, 1.165) is 0 Å². The fraction of sp³-hybridized carbons (Fsp3) is 0.833. The predicted octanol–water partition coefficient (Wildman–Crippen LogP) is -6.64. The normalized spacial score (nSPS) is 18.7. The van der Waals surface area contributed by atoms with E-state index in [1.807, 2.05) is 0 Å². The Morgan fingerprint density at radius 2 is 1.03 bits per heavy atom. The molecule has 7 unspecified atom stereocenters. The van der Waals surface area contributed by atoms with Crippen molar-refractivity contribution in [1.29, 1.82) is 0 Å². The van der Waals surface area contributed by atoms with E-state index in [2.05, 4.69) is 9.05 Å². The minimum Gasteiger partial charge on any atom is -0.479 e. The minimum absolute atomic E-state index is 0.971. The van der Waals surface area contributed by atoms with Gasteiger partial charge < -0.3 is 65.5 Å². The molecule has 0 aromatic heterocycles. The lowest BCUT2D eigenvalue weighted by Crippen LogP contribution is -2.48. The first kappa shape index (κ1) is 34.2. The van der Waals surface area contributed by atoms with E-state index in [0.29, 0.717) is 0 Å². The van der Waals surface area contributed by atoms with Gasteiger partial charge in [-0.2, -0.15) is 0 Å². The second-order valence-electron chi connectivity index (χ2n) is 6.03. The summed E-state index contributed by atoms with van der Waals surface area (Å²) in [6, 6.07) is 0. The number of Topliss-reactive ketones (excluding diaryl/α,β-unsaturated/α-hetero) is 1. The van der Waals surface area contributed by atoms with Crippen LogP contribution in [0.3, 0.4) is 0 Å². The molecule has 33 heavy (non-hydrogen) atoms. The molecule has 0 saturated carbocycles. The van der Waals surface area contributed by atoms with E-state index in [9.17, 15) is 18.7 Å². The van der Waals surface area contributed by atoms with Crippen LogP contribution in [0.25, 0.3) is 0 Å². The number of aliphatic hydroxyl groups excluding tert-OH is 8. The summed E-state index contributed by atoms with van der Waals surface area (Å²) >= 11 is 0. The number of carbonyl (C=O) groups excluding carboxylic acids is 1. The number of aliphatic hydroxyl groups is 8. The molecular formula is C12H26O19P2. The van der Waals surface area contributed by atoms with Crippen LogP contribution in [0, 0.1) is 0 Å². The molecule has 0 rings (SSSR count). The van der Waals surface area contributed by atoms with Crippen LogP contribution in [0.1, 0.15) is 0 Å². The molecule has 198 valence electrons. The maximum atomic E-state index is 10.7. The van der Waals surface area contributed by atoms with Crippen LogP contribution in [-0.2, 0) is 27.8 Å². The number of carboxylic acid groups (broad SMARTS) is 1. The lowest BCUT2D eigenvalue weighted by atomic mass is 10.0. The van der Waals surface area contributed by atoms with E-state index in [4.69, 9.17) is 65.5 Å². The molecule has 0 aromatic carbocycles. The molecule has 0 fully saturated rings. The molecule has 0 radical (unpaired) electrons. The highest BCUT2D eigenvalue weighted by molar-refractivity contribution is 7.46. The first-order chi connectivity index (χ1) is 14.7. The van der Waals surface area contributed by atoms with Gasteiger partial charge in [0.2, 0.25) is 0 Å². The van der Waals surface area contributed by atoms with Crippen molar-refractivity contribution in [3.63, 3.8) is 0 Å². The van der Waals surface area contributed by atoms with E-state index in [-0.39, 0.29) is 0 Å². The molecule has 0 aliphatic rings. The predicted molar refractivity (Wildman–Crippen MR) is 97.8 cm³/mol. The van der Waals surface area contributed by atoms with E-state index < -0.39 is 89.9 Å². The zero-order valence-electron chi connectivity index (χ0n) is 16.3. The van der Waals surface area contributed by atoms with Gasteiger partial charge in [-0.1, -0.05) is 0 Å². The summed E-state index contributed by atoms with van der Waals surface area (Å²) < 4.78 is 28.1. The maximum Gasteiger partial charge on any atom is 0.469 e. The number of carboxylic acids is 1. The van der Waals surface area contributed by atoms with E-state index >= 15 is 0 Å². The summed E-state index contributed by atoms with van der Waals surface area (Å²) in [7, 11) is -9.67. The van der Waals surface area contributed by atoms with Crippen molar-refractivity contribution in [2.45, 2.75) is 42.7 Å². The molecule has 0 heterocycles. The second kappa shape index (κ2) is 15.1. The molecule has 0 aromatic rings. The molecule has 0 amide bonds. The molecule has 0 aliphatic heterocycles. The number of phosphoric ester groups is 2. The molecule has 13 N–H and O–H groups in total. The third kappa shape index (κ3) is 15.5. The van der Waals surface area contributed by atoms with Gasteiger partial charge in [0.25, 0.3) is 0 Å². The topological polar surface area (TPSA) is 350 Å². The first-order valence-corrected chi connectivity index (χ1v) is 11.3. The highest BCUT2D eigenvalue weighted by Gasteiger charge is 2.35. The van der Waals surface area contributed by atoms with Crippen LogP contribution in [0.2, 0.25) is 0 Å². The summed E-state index contributed by atoms with van der Waals surface area (Å²) in [4.78, 5) is 54.0. The van der Waals surface area contributed by atoms with Crippen molar-refractivity contribution < 1.29 is 93.3 Å². The van der Waals surface area contributed by atoms with Crippen molar-refractivity contribution in [3.8, 4) is 0 Å². The van der Waals surface area contributed by atoms with Gasteiger partial charge in [0.05, 0.1) is 13.2 Å². The van der Waals surface area contributed by atoms with Crippen LogP contribution < -0.4 is 0 Å². The standard InChI is InChI=1S/C6H13O10P.C6H13O9P/c7-2(1-16-17(13,14)15)3(8)4(9)5(10)6(11)12;7-1-3(8)5(10)6(11)4(9)2-15-16(12,13)14/h2-5,7-10H,1H2,(H,11,12)(H2,13,14,15);4-7,9-11H,1-2H2,(H2,12,13,14). The van der Waals surface area contributed by atoms with E-state index in [1.54, 1.807) is 0 Å². The van der Waals surface area contributed by atoms with Crippen molar-refractivity contribution in [2.75, 3.05) is 19.8 Å². The lowest BCUT2D eigenvalue weighted by molar-refractivity contribution is -0.164. The summed E-state index contributed by atoms with van der Waals surface area (Å²) in [5, 5.41) is 80.0.